The highest BCUT2D eigenvalue weighted by molar-refractivity contribution is 7.90. The summed E-state index contributed by atoms with van der Waals surface area (Å²) >= 11 is 0. The fourth-order valence-electron chi connectivity index (χ4n) is 3.62. The van der Waals surface area contributed by atoms with E-state index in [1.807, 2.05) is 0 Å². The van der Waals surface area contributed by atoms with Crippen molar-refractivity contribution in [1.82, 2.24) is 4.98 Å². The Balaban J connectivity index is 2.00. The minimum atomic E-state index is -3.31. The van der Waals surface area contributed by atoms with Crippen LogP contribution in [-0.2, 0) is 21.0 Å². The number of benzene rings is 1. The number of fused-ring (bicyclic) bond motifs is 1. The first-order valence-electron chi connectivity index (χ1n) is 9.16. The molecule has 28 heavy (non-hydrogen) atoms. The largest absolute Gasteiger partial charge is 0.462 e. The first-order chi connectivity index (χ1) is 13.1. The molecule has 1 N–H and O–H groups in total. The Morgan fingerprint density at radius 1 is 1.25 bits per heavy atom. The van der Waals surface area contributed by atoms with Gasteiger partial charge in [0.2, 0.25) is 0 Å². The van der Waals surface area contributed by atoms with Crippen LogP contribution in [0.25, 0.3) is 0 Å². The van der Waals surface area contributed by atoms with E-state index in [1.165, 1.54) is 12.3 Å². The van der Waals surface area contributed by atoms with Crippen molar-refractivity contribution in [3.8, 4) is 0 Å². The number of carbonyl (C=O) groups is 2. The van der Waals surface area contributed by atoms with E-state index in [0.29, 0.717) is 41.2 Å². The topological polar surface area (TPSA) is 96.5 Å². The molecule has 1 aromatic carbocycles. The van der Waals surface area contributed by atoms with E-state index in [0.717, 1.165) is 12.0 Å². The molecule has 1 aliphatic rings. The second-order valence-corrected chi connectivity index (χ2v) is 8.98. The van der Waals surface area contributed by atoms with Gasteiger partial charge in [0.15, 0.2) is 9.84 Å². The number of nitrogens with one attached hydrogen (secondary N) is 1. The van der Waals surface area contributed by atoms with E-state index in [4.69, 9.17) is 4.74 Å². The average molecular weight is 404 g/mol. The zero-order valence-corrected chi connectivity index (χ0v) is 17.3. The number of sulfone groups is 1. The van der Waals surface area contributed by atoms with Gasteiger partial charge < -0.3 is 14.6 Å². The van der Waals surface area contributed by atoms with Crippen molar-refractivity contribution >= 4 is 27.4 Å². The maximum atomic E-state index is 13.2. The number of nitrogens with zero attached hydrogens (tertiary/aromatic N) is 1. The molecule has 0 saturated carbocycles. The van der Waals surface area contributed by atoms with Crippen LogP contribution in [0, 0.1) is 13.8 Å². The number of esters is 1. The van der Waals surface area contributed by atoms with Crippen LogP contribution in [0.4, 0.5) is 5.69 Å². The van der Waals surface area contributed by atoms with Crippen LogP contribution in [0.3, 0.4) is 0 Å². The predicted octanol–water partition coefficient (Wildman–Crippen LogP) is 2.80. The maximum absolute atomic E-state index is 13.2. The Bertz CT molecular complexity index is 1050. The van der Waals surface area contributed by atoms with Crippen LogP contribution in [-0.4, -0.2) is 44.7 Å². The number of hydrogen-bond acceptors (Lipinski definition) is 5. The lowest BCUT2D eigenvalue weighted by molar-refractivity contribution is 0.0525. The number of aromatic amines is 1. The minimum absolute atomic E-state index is 0.246. The fourth-order valence-corrected chi connectivity index (χ4v) is 4.29. The molecule has 0 saturated heterocycles. The zero-order chi connectivity index (χ0) is 20.6. The Morgan fingerprint density at radius 2 is 1.96 bits per heavy atom. The van der Waals surface area contributed by atoms with Crippen molar-refractivity contribution in [2.24, 2.45) is 0 Å². The highest BCUT2D eigenvalue weighted by Gasteiger charge is 2.29. The molecular formula is C20H24N2O5S. The molecule has 2 aromatic rings. The molecule has 1 amide bonds. The molecular weight excluding hydrogens is 380 g/mol. The van der Waals surface area contributed by atoms with Gasteiger partial charge in [0, 0.05) is 24.2 Å². The molecule has 0 aliphatic carbocycles. The number of H-pyrrole nitrogens is 1. The molecule has 150 valence electrons. The van der Waals surface area contributed by atoms with Gasteiger partial charge in [-0.1, -0.05) is 0 Å². The lowest BCUT2D eigenvalue weighted by atomic mass is 10.0. The van der Waals surface area contributed by atoms with Crippen LogP contribution in [0.2, 0.25) is 0 Å². The molecule has 3 rings (SSSR count). The summed E-state index contributed by atoms with van der Waals surface area (Å²) in [4.78, 5) is 30.4. The number of aromatic nitrogens is 1. The number of rotatable bonds is 4. The van der Waals surface area contributed by atoms with Gasteiger partial charge in [-0.05, 0) is 62.9 Å². The average Bonchev–Trinajstić information content (AvgIpc) is 2.94. The zero-order valence-electron chi connectivity index (χ0n) is 16.5. The maximum Gasteiger partial charge on any atom is 0.340 e. The number of carbonyl (C=O) groups excluding carboxylic acids is 2. The number of aryl methyl sites for hydroxylation is 2. The van der Waals surface area contributed by atoms with Crippen LogP contribution >= 0.6 is 0 Å². The quantitative estimate of drug-likeness (QED) is 0.791. The standard InChI is InChI=1S/C20H24N2O5S/c1-5-27-20(24)17-12(2)18(21-13(17)3)19(23)22-10-6-7-14-11-15(28(4,25)26)8-9-16(14)22/h8-9,11,21H,5-7,10H2,1-4H3. The van der Waals surface area contributed by atoms with E-state index in [1.54, 1.807) is 37.8 Å². The van der Waals surface area contributed by atoms with Crippen molar-refractivity contribution in [3.05, 3.63) is 46.3 Å². The van der Waals surface area contributed by atoms with Crippen molar-refractivity contribution in [2.75, 3.05) is 24.3 Å². The molecule has 0 spiro atoms. The first kappa shape index (κ1) is 20.1. The number of anilines is 1. The summed E-state index contributed by atoms with van der Waals surface area (Å²) in [5, 5.41) is 0. The third-order valence-corrected chi connectivity index (χ3v) is 6.08. The van der Waals surface area contributed by atoms with Gasteiger partial charge in [-0.15, -0.1) is 0 Å². The number of amides is 1. The summed E-state index contributed by atoms with van der Waals surface area (Å²) in [7, 11) is -3.31. The molecule has 0 fully saturated rings. The molecule has 0 unspecified atom stereocenters. The van der Waals surface area contributed by atoms with Crippen molar-refractivity contribution in [1.29, 1.82) is 0 Å². The number of hydrogen-bond donors (Lipinski definition) is 1. The van der Waals surface area contributed by atoms with Gasteiger partial charge in [0.05, 0.1) is 17.1 Å². The number of ether oxygens (including phenoxy) is 1. The van der Waals surface area contributed by atoms with Gasteiger partial charge in [-0.2, -0.15) is 0 Å². The van der Waals surface area contributed by atoms with Crippen molar-refractivity contribution < 1.29 is 22.7 Å². The van der Waals surface area contributed by atoms with Crippen molar-refractivity contribution in [2.45, 2.75) is 38.5 Å². The second-order valence-electron chi connectivity index (χ2n) is 6.97. The monoisotopic (exact) mass is 404 g/mol. The molecule has 7 nitrogen and oxygen atoms in total. The molecule has 1 aromatic heterocycles. The molecule has 8 heteroatoms. The summed E-state index contributed by atoms with van der Waals surface area (Å²) in [5.41, 5.74) is 3.40. The Kier molecular flexibility index (Phi) is 5.34. The fraction of sp³-hybridized carbons (Fsp3) is 0.400. The SMILES string of the molecule is CCOC(=O)c1c(C)[nH]c(C(=O)N2CCCc3cc(S(C)(=O)=O)ccc32)c1C. The third-order valence-electron chi connectivity index (χ3n) is 4.97. The highest BCUT2D eigenvalue weighted by atomic mass is 32.2. The van der Waals surface area contributed by atoms with Gasteiger partial charge in [0.25, 0.3) is 5.91 Å². The molecule has 0 atom stereocenters. The predicted molar refractivity (Wildman–Crippen MR) is 106 cm³/mol. The Labute approximate surface area is 164 Å². The smallest absolute Gasteiger partial charge is 0.340 e. The van der Waals surface area contributed by atoms with Crippen molar-refractivity contribution in [3.63, 3.8) is 0 Å². The Morgan fingerprint density at radius 3 is 2.61 bits per heavy atom. The lowest BCUT2D eigenvalue weighted by Gasteiger charge is -2.29. The minimum Gasteiger partial charge on any atom is -0.462 e. The second kappa shape index (κ2) is 7.43. The van der Waals surface area contributed by atoms with E-state index in [2.05, 4.69) is 4.98 Å². The normalized spacial score (nSPS) is 13.9. The summed E-state index contributed by atoms with van der Waals surface area (Å²) in [6.45, 7) is 5.97. The van der Waals surface area contributed by atoms with Gasteiger partial charge in [-0.25, -0.2) is 13.2 Å². The molecule has 0 radical (unpaired) electrons. The summed E-state index contributed by atoms with van der Waals surface area (Å²) in [6.07, 6.45) is 2.61. The van der Waals surface area contributed by atoms with Crippen LogP contribution < -0.4 is 4.90 Å². The lowest BCUT2D eigenvalue weighted by Crippen LogP contribution is -2.36. The highest BCUT2D eigenvalue weighted by Crippen LogP contribution is 2.31. The summed E-state index contributed by atoms with van der Waals surface area (Å²) in [5.74, 6) is -0.700. The van der Waals surface area contributed by atoms with Gasteiger partial charge in [0.1, 0.15) is 5.69 Å². The van der Waals surface area contributed by atoms with E-state index < -0.39 is 15.8 Å². The molecule has 0 bridgehead atoms. The third kappa shape index (κ3) is 3.56. The summed E-state index contributed by atoms with van der Waals surface area (Å²) in [6, 6.07) is 4.84. The van der Waals surface area contributed by atoms with Gasteiger partial charge >= 0.3 is 5.97 Å². The van der Waals surface area contributed by atoms with E-state index in [9.17, 15) is 18.0 Å². The van der Waals surface area contributed by atoms with E-state index >= 15 is 0 Å². The summed E-state index contributed by atoms with van der Waals surface area (Å²) < 4.78 is 28.7. The van der Waals surface area contributed by atoms with Crippen LogP contribution in [0.15, 0.2) is 23.1 Å². The van der Waals surface area contributed by atoms with Crippen LogP contribution in [0.1, 0.15) is 51.0 Å². The van der Waals surface area contributed by atoms with E-state index in [-0.39, 0.29) is 17.4 Å². The molecule has 1 aliphatic heterocycles. The Hall–Kier alpha value is -2.61. The first-order valence-corrected chi connectivity index (χ1v) is 11.1. The van der Waals surface area contributed by atoms with Crippen LogP contribution in [0.5, 0.6) is 0 Å². The van der Waals surface area contributed by atoms with Gasteiger partial charge in [-0.3, -0.25) is 4.79 Å². The molecule has 2 heterocycles.